The fourth-order valence-electron chi connectivity index (χ4n) is 9.18. The quantitative estimate of drug-likeness (QED) is 0.481. The summed E-state index contributed by atoms with van der Waals surface area (Å²) in [6, 6.07) is 10.5. The van der Waals surface area contributed by atoms with Crippen molar-refractivity contribution in [3.8, 4) is 0 Å². The molecule has 174 valence electrons. The van der Waals surface area contributed by atoms with Gasteiger partial charge >= 0.3 is 0 Å². The zero-order chi connectivity index (χ0) is 21.7. The normalized spacial score (nSPS) is 36.5. The summed E-state index contributed by atoms with van der Waals surface area (Å²) in [7, 11) is 0. The Morgan fingerprint density at radius 1 is 0.781 bits per heavy atom. The van der Waals surface area contributed by atoms with Crippen molar-refractivity contribution in [2.45, 2.75) is 116 Å². The van der Waals surface area contributed by atoms with Gasteiger partial charge in [0.05, 0.1) is 6.04 Å². The van der Waals surface area contributed by atoms with Gasteiger partial charge in [-0.25, -0.2) is 0 Å². The van der Waals surface area contributed by atoms with Gasteiger partial charge in [-0.1, -0.05) is 69.2 Å². The van der Waals surface area contributed by atoms with Gasteiger partial charge in [-0.05, 0) is 88.0 Å². The Kier molecular flexibility index (Phi) is 5.55. The molecule has 2 heterocycles. The van der Waals surface area contributed by atoms with Crippen molar-refractivity contribution in [2.75, 3.05) is 4.90 Å². The molecule has 0 radical (unpaired) electrons. The number of nitrogens with zero attached hydrogens (tertiary/aromatic N) is 2. The number of hydrogen-bond donors (Lipinski definition) is 0. The van der Waals surface area contributed by atoms with Crippen LogP contribution in [0.3, 0.4) is 0 Å². The fourth-order valence-corrected chi connectivity index (χ4v) is 9.18. The monoisotopic (exact) mass is 432 g/mol. The zero-order valence-corrected chi connectivity index (χ0v) is 20.5. The lowest BCUT2D eigenvalue weighted by Gasteiger charge is -2.49. The van der Waals surface area contributed by atoms with Crippen LogP contribution in [0.5, 0.6) is 0 Å². The smallest absolute Gasteiger partial charge is 0.105 e. The first-order valence-corrected chi connectivity index (χ1v) is 14.0. The molecule has 6 rings (SSSR count). The van der Waals surface area contributed by atoms with Crippen LogP contribution in [0.25, 0.3) is 0 Å². The third-order valence-electron chi connectivity index (χ3n) is 10.4. The largest absolute Gasteiger partial charge is 0.352 e. The van der Waals surface area contributed by atoms with Crippen molar-refractivity contribution < 1.29 is 0 Å². The minimum Gasteiger partial charge on any atom is -0.352 e. The first kappa shape index (κ1) is 21.1. The molecule has 32 heavy (non-hydrogen) atoms. The van der Waals surface area contributed by atoms with Crippen LogP contribution >= 0.6 is 0 Å². The van der Waals surface area contributed by atoms with E-state index in [0.717, 1.165) is 17.8 Å². The number of rotatable bonds is 4. The summed E-state index contributed by atoms with van der Waals surface area (Å²) in [5.74, 6) is 2.62. The molecule has 3 saturated carbocycles. The average Bonchev–Trinajstić information content (AvgIpc) is 3.61. The Balaban J connectivity index is 1.45. The summed E-state index contributed by atoms with van der Waals surface area (Å²) in [6.07, 6.45) is 24.9. The lowest BCUT2D eigenvalue weighted by molar-refractivity contribution is 0.0287. The van der Waals surface area contributed by atoms with E-state index in [2.05, 4.69) is 60.2 Å². The van der Waals surface area contributed by atoms with E-state index in [1.807, 2.05) is 0 Å². The fraction of sp³-hybridized carbons (Fsp3) is 0.733. The first-order valence-electron chi connectivity index (χ1n) is 14.0. The maximum Gasteiger partial charge on any atom is 0.105 e. The van der Waals surface area contributed by atoms with Gasteiger partial charge in [0.2, 0.25) is 0 Å². The van der Waals surface area contributed by atoms with E-state index in [0.29, 0.717) is 23.7 Å². The molecule has 2 heteroatoms. The van der Waals surface area contributed by atoms with Crippen LogP contribution in [0.1, 0.15) is 96.0 Å². The second kappa shape index (κ2) is 8.41. The number of benzene rings is 1. The minimum atomic E-state index is 0.407. The summed E-state index contributed by atoms with van der Waals surface area (Å²) in [6.45, 7) is 4.93. The van der Waals surface area contributed by atoms with E-state index < -0.39 is 0 Å². The SMILES string of the molecule is Cc1ccccc1N1C(C2CCCC2)N2C=CC(C3CCCCC3)(C3CCCC3)C2[C@@H]1C. The second-order valence-electron chi connectivity index (χ2n) is 11.9. The summed E-state index contributed by atoms with van der Waals surface area (Å²) in [4.78, 5) is 5.84. The molecule has 0 aromatic heterocycles. The van der Waals surface area contributed by atoms with Crippen molar-refractivity contribution in [3.05, 3.63) is 42.1 Å². The van der Waals surface area contributed by atoms with E-state index in [1.165, 1.54) is 94.7 Å². The second-order valence-corrected chi connectivity index (χ2v) is 11.9. The summed E-state index contributed by atoms with van der Waals surface area (Å²) in [5.41, 5.74) is 3.37. The van der Waals surface area contributed by atoms with Crippen molar-refractivity contribution in [1.29, 1.82) is 0 Å². The average molecular weight is 433 g/mol. The molecular weight excluding hydrogens is 388 g/mol. The van der Waals surface area contributed by atoms with Crippen LogP contribution in [-0.2, 0) is 0 Å². The van der Waals surface area contributed by atoms with Gasteiger partial charge in [0.1, 0.15) is 6.17 Å². The number of fused-ring (bicyclic) bond motifs is 1. The van der Waals surface area contributed by atoms with Crippen LogP contribution in [0, 0.1) is 30.1 Å². The highest BCUT2D eigenvalue weighted by atomic mass is 15.5. The highest BCUT2D eigenvalue weighted by molar-refractivity contribution is 5.57. The van der Waals surface area contributed by atoms with Gasteiger partial charge in [0.25, 0.3) is 0 Å². The highest BCUT2D eigenvalue weighted by Gasteiger charge is 2.62. The Hall–Kier alpha value is -1.44. The standard InChI is InChI=1S/C30H44N2/c1-22-12-6-11-19-27(22)32-23(2)28-30(26-17-9-10-18-26,25-15-4-3-5-16-25)20-21-31(28)29(32)24-13-7-8-14-24/h6,11-12,19-21,23-26,28-29H,3-5,7-10,13-18H2,1-2H3/t23-,28?,29?,30?/m0/s1. The first-order chi connectivity index (χ1) is 15.7. The molecule has 3 aliphatic carbocycles. The molecule has 1 aromatic rings. The lowest BCUT2D eigenvalue weighted by Crippen LogP contribution is -2.52. The predicted octanol–water partition coefficient (Wildman–Crippen LogP) is 7.67. The molecule has 0 spiro atoms. The Bertz CT molecular complexity index is 827. The van der Waals surface area contributed by atoms with Crippen LogP contribution in [0.15, 0.2) is 36.5 Å². The Labute approximate surface area is 196 Å². The van der Waals surface area contributed by atoms with Gasteiger partial charge in [-0.15, -0.1) is 0 Å². The molecule has 1 saturated heterocycles. The molecule has 0 bridgehead atoms. The van der Waals surface area contributed by atoms with Crippen LogP contribution in [0.2, 0.25) is 0 Å². The number of aryl methyl sites for hydroxylation is 1. The third-order valence-corrected chi connectivity index (χ3v) is 10.4. The van der Waals surface area contributed by atoms with Gasteiger partial charge < -0.3 is 9.80 Å². The van der Waals surface area contributed by atoms with E-state index in [-0.39, 0.29) is 0 Å². The van der Waals surface area contributed by atoms with E-state index in [9.17, 15) is 0 Å². The number of para-hydroxylation sites is 1. The minimum absolute atomic E-state index is 0.407. The Morgan fingerprint density at radius 3 is 2.03 bits per heavy atom. The zero-order valence-electron chi connectivity index (χ0n) is 20.5. The lowest BCUT2D eigenvalue weighted by atomic mass is 9.57. The molecule has 2 nitrogen and oxygen atoms in total. The maximum absolute atomic E-state index is 2.93. The molecule has 4 fully saturated rings. The van der Waals surface area contributed by atoms with Crippen molar-refractivity contribution in [1.82, 2.24) is 4.90 Å². The molecule has 5 aliphatic rings. The topological polar surface area (TPSA) is 6.48 Å². The highest BCUT2D eigenvalue weighted by Crippen LogP contribution is 2.60. The van der Waals surface area contributed by atoms with E-state index >= 15 is 0 Å². The summed E-state index contributed by atoms with van der Waals surface area (Å²) >= 11 is 0. The van der Waals surface area contributed by atoms with Gasteiger partial charge in [0, 0.05) is 17.1 Å². The van der Waals surface area contributed by atoms with Crippen LogP contribution in [0.4, 0.5) is 5.69 Å². The van der Waals surface area contributed by atoms with Gasteiger partial charge in [-0.2, -0.15) is 0 Å². The molecule has 1 aromatic carbocycles. The number of hydrogen-bond acceptors (Lipinski definition) is 2. The molecular formula is C30H44N2. The van der Waals surface area contributed by atoms with E-state index in [1.54, 1.807) is 0 Å². The van der Waals surface area contributed by atoms with Crippen molar-refractivity contribution in [2.24, 2.45) is 23.2 Å². The summed E-state index contributed by atoms with van der Waals surface area (Å²) < 4.78 is 0. The predicted molar refractivity (Wildman–Crippen MR) is 135 cm³/mol. The maximum atomic E-state index is 2.93. The van der Waals surface area contributed by atoms with Gasteiger partial charge in [-0.3, -0.25) is 0 Å². The molecule has 2 aliphatic heterocycles. The van der Waals surface area contributed by atoms with Crippen molar-refractivity contribution in [3.63, 3.8) is 0 Å². The molecule has 4 atom stereocenters. The van der Waals surface area contributed by atoms with E-state index in [4.69, 9.17) is 0 Å². The number of anilines is 1. The van der Waals surface area contributed by atoms with Crippen LogP contribution in [-0.4, -0.2) is 23.1 Å². The molecule has 0 N–H and O–H groups in total. The van der Waals surface area contributed by atoms with Crippen molar-refractivity contribution >= 4 is 5.69 Å². The van der Waals surface area contributed by atoms with Crippen LogP contribution < -0.4 is 4.90 Å². The molecule has 3 unspecified atom stereocenters. The van der Waals surface area contributed by atoms with Gasteiger partial charge in [0.15, 0.2) is 0 Å². The Morgan fingerprint density at radius 2 is 1.38 bits per heavy atom. The summed E-state index contributed by atoms with van der Waals surface area (Å²) in [5, 5.41) is 0. The third kappa shape index (κ3) is 3.11. The molecule has 0 amide bonds.